The minimum atomic E-state index is -0.382. The number of halogens is 1. The first-order chi connectivity index (χ1) is 9.95. The molecule has 2 nitrogen and oxygen atoms in total. The van der Waals surface area contributed by atoms with E-state index < -0.39 is 0 Å². The molecule has 1 heterocycles. The van der Waals surface area contributed by atoms with Crippen LogP contribution in [0.5, 0.6) is 0 Å². The Morgan fingerprint density at radius 3 is 2.62 bits per heavy atom. The molecule has 0 bridgehead atoms. The second-order valence-electron chi connectivity index (χ2n) is 6.03. The summed E-state index contributed by atoms with van der Waals surface area (Å²) in [6.45, 7) is 6.19. The summed E-state index contributed by atoms with van der Waals surface area (Å²) >= 11 is 5.85. The first-order valence-electron chi connectivity index (χ1n) is 7.06. The van der Waals surface area contributed by atoms with Crippen molar-refractivity contribution in [3.8, 4) is 0 Å². The molecule has 1 aliphatic heterocycles. The molecule has 0 spiro atoms. The lowest BCUT2D eigenvalue weighted by Gasteiger charge is -2.42. The Bertz CT molecular complexity index is 761. The van der Waals surface area contributed by atoms with Crippen LogP contribution in [0.1, 0.15) is 26.3 Å². The Kier molecular flexibility index (Phi) is 3.29. The van der Waals surface area contributed by atoms with E-state index >= 15 is 0 Å². The predicted molar refractivity (Wildman–Crippen MR) is 89.9 cm³/mol. The Labute approximate surface area is 130 Å². The van der Waals surface area contributed by atoms with Gasteiger partial charge < -0.3 is 4.90 Å². The van der Waals surface area contributed by atoms with Crippen molar-refractivity contribution in [3.05, 3.63) is 48.0 Å². The van der Waals surface area contributed by atoms with E-state index in [2.05, 4.69) is 37.3 Å². The van der Waals surface area contributed by atoms with Crippen LogP contribution >= 0.6 is 11.6 Å². The number of hydrogen-bond acceptors (Lipinski definition) is 1. The highest BCUT2D eigenvalue weighted by Gasteiger charge is 2.36. The second kappa shape index (κ2) is 4.88. The van der Waals surface area contributed by atoms with Gasteiger partial charge in [0.15, 0.2) is 0 Å². The van der Waals surface area contributed by atoms with Crippen molar-refractivity contribution in [1.82, 2.24) is 0 Å². The molecule has 3 rings (SSSR count). The Morgan fingerprint density at radius 1 is 1.19 bits per heavy atom. The third-order valence-electron chi connectivity index (χ3n) is 4.06. The van der Waals surface area contributed by atoms with Gasteiger partial charge in [-0.1, -0.05) is 42.5 Å². The number of amides is 1. The van der Waals surface area contributed by atoms with Crippen molar-refractivity contribution in [2.45, 2.75) is 26.3 Å². The summed E-state index contributed by atoms with van der Waals surface area (Å²) in [5, 5.41) is 2.23. The molecule has 0 aromatic heterocycles. The molecule has 1 aliphatic rings. The summed E-state index contributed by atoms with van der Waals surface area (Å²) in [4.78, 5) is 14.3. The van der Waals surface area contributed by atoms with Crippen molar-refractivity contribution >= 4 is 39.5 Å². The second-order valence-corrected chi connectivity index (χ2v) is 6.29. The molecule has 0 fully saturated rings. The molecule has 0 radical (unpaired) electrons. The molecule has 0 atom stereocenters. The van der Waals surface area contributed by atoms with E-state index in [4.69, 9.17) is 11.6 Å². The quantitative estimate of drug-likeness (QED) is 0.704. The maximum Gasteiger partial charge on any atom is 0.242 e. The van der Waals surface area contributed by atoms with Crippen LogP contribution in [0.25, 0.3) is 16.3 Å². The monoisotopic (exact) mass is 299 g/mol. The van der Waals surface area contributed by atoms with Gasteiger partial charge in [-0.25, -0.2) is 0 Å². The largest absolute Gasteiger partial charge is 0.301 e. The molecule has 2 aromatic rings. The van der Waals surface area contributed by atoms with Gasteiger partial charge in [0.25, 0.3) is 0 Å². The van der Waals surface area contributed by atoms with E-state index in [9.17, 15) is 4.79 Å². The normalized spacial score (nSPS) is 16.6. The first kappa shape index (κ1) is 14.2. The van der Waals surface area contributed by atoms with Gasteiger partial charge in [0.2, 0.25) is 5.91 Å². The molecule has 0 saturated heterocycles. The van der Waals surface area contributed by atoms with Gasteiger partial charge in [-0.2, -0.15) is 0 Å². The first-order valence-corrected chi connectivity index (χ1v) is 7.60. The Hall–Kier alpha value is -1.80. The number of rotatable bonds is 1. The van der Waals surface area contributed by atoms with Crippen LogP contribution < -0.4 is 4.90 Å². The molecule has 2 aromatic carbocycles. The van der Waals surface area contributed by atoms with Gasteiger partial charge in [0.05, 0.1) is 11.2 Å². The smallest absolute Gasteiger partial charge is 0.242 e. The molecule has 3 heteroatoms. The van der Waals surface area contributed by atoms with Crippen LogP contribution in [0.2, 0.25) is 0 Å². The average molecular weight is 300 g/mol. The zero-order chi connectivity index (χ0) is 15.2. The van der Waals surface area contributed by atoms with Crippen LogP contribution in [-0.4, -0.2) is 17.3 Å². The zero-order valence-corrected chi connectivity index (χ0v) is 13.2. The number of fused-ring (bicyclic) bond motifs is 3. The predicted octanol–water partition coefficient (Wildman–Crippen LogP) is 4.61. The van der Waals surface area contributed by atoms with Crippen molar-refractivity contribution in [3.63, 3.8) is 0 Å². The number of alkyl halides is 1. The number of carbonyl (C=O) groups is 1. The van der Waals surface area contributed by atoms with Crippen LogP contribution in [0.15, 0.2) is 42.5 Å². The summed E-state index contributed by atoms with van der Waals surface area (Å²) in [6, 6.07) is 12.4. The van der Waals surface area contributed by atoms with Crippen LogP contribution in [0.4, 0.5) is 5.69 Å². The molecule has 0 aliphatic carbocycles. The Morgan fingerprint density at radius 2 is 1.90 bits per heavy atom. The standard InChI is InChI=1S/C18H18ClNO/c1-12-10-18(2,3)20(16(21)11-19)17-14(12)9-8-13-6-4-5-7-15(13)17/h4-10H,11H2,1-3H3. The van der Waals surface area contributed by atoms with E-state index in [0.29, 0.717) is 0 Å². The van der Waals surface area contributed by atoms with Gasteiger partial charge in [0, 0.05) is 10.9 Å². The average Bonchev–Trinajstić information content (AvgIpc) is 2.45. The van der Waals surface area contributed by atoms with E-state index in [-0.39, 0.29) is 17.3 Å². The lowest BCUT2D eigenvalue weighted by atomic mass is 9.86. The fraction of sp³-hybridized carbons (Fsp3) is 0.278. The summed E-state index contributed by atoms with van der Waals surface area (Å²) in [6.07, 6.45) is 2.13. The lowest BCUT2D eigenvalue weighted by Crippen LogP contribution is -2.49. The fourth-order valence-electron chi connectivity index (χ4n) is 3.28. The van der Waals surface area contributed by atoms with Crippen molar-refractivity contribution in [1.29, 1.82) is 0 Å². The Balaban J connectivity index is 2.39. The van der Waals surface area contributed by atoms with E-state index in [1.807, 2.05) is 30.9 Å². The summed E-state index contributed by atoms with van der Waals surface area (Å²) < 4.78 is 0. The van der Waals surface area contributed by atoms with E-state index in [1.165, 1.54) is 5.57 Å². The molecule has 21 heavy (non-hydrogen) atoms. The van der Waals surface area contributed by atoms with Gasteiger partial charge in [-0.15, -0.1) is 11.6 Å². The van der Waals surface area contributed by atoms with Gasteiger partial charge in [0.1, 0.15) is 5.88 Å². The van der Waals surface area contributed by atoms with Crippen LogP contribution in [0, 0.1) is 0 Å². The molecule has 1 amide bonds. The number of hydrogen-bond donors (Lipinski definition) is 0. The number of benzene rings is 2. The summed E-state index contributed by atoms with van der Waals surface area (Å²) in [5.41, 5.74) is 2.89. The highest BCUT2D eigenvalue weighted by molar-refractivity contribution is 6.30. The van der Waals surface area contributed by atoms with Crippen molar-refractivity contribution < 1.29 is 4.79 Å². The number of allylic oxidation sites excluding steroid dienone is 1. The molecular weight excluding hydrogens is 282 g/mol. The fourth-order valence-corrected chi connectivity index (χ4v) is 3.40. The molecule has 0 saturated carbocycles. The SMILES string of the molecule is CC1=CC(C)(C)N(C(=O)CCl)c2c1ccc1ccccc21. The third kappa shape index (κ3) is 2.14. The lowest BCUT2D eigenvalue weighted by molar-refractivity contribution is -0.117. The maximum atomic E-state index is 12.5. The minimum absolute atomic E-state index is 0.0149. The highest BCUT2D eigenvalue weighted by Crippen LogP contribution is 2.43. The van der Waals surface area contributed by atoms with Gasteiger partial charge in [-0.3, -0.25) is 4.79 Å². The third-order valence-corrected chi connectivity index (χ3v) is 4.29. The van der Waals surface area contributed by atoms with Gasteiger partial charge >= 0.3 is 0 Å². The number of carbonyl (C=O) groups excluding carboxylic acids is 1. The zero-order valence-electron chi connectivity index (χ0n) is 12.5. The van der Waals surface area contributed by atoms with Gasteiger partial charge in [-0.05, 0) is 31.7 Å². The topological polar surface area (TPSA) is 20.3 Å². The number of anilines is 1. The van der Waals surface area contributed by atoms with E-state index in [1.54, 1.807) is 0 Å². The van der Waals surface area contributed by atoms with E-state index in [0.717, 1.165) is 22.0 Å². The minimum Gasteiger partial charge on any atom is -0.301 e. The molecule has 0 unspecified atom stereocenters. The van der Waals surface area contributed by atoms with Crippen LogP contribution in [-0.2, 0) is 4.79 Å². The molecule has 108 valence electrons. The van der Waals surface area contributed by atoms with Crippen LogP contribution in [0.3, 0.4) is 0 Å². The van der Waals surface area contributed by atoms with Crippen molar-refractivity contribution in [2.24, 2.45) is 0 Å². The summed E-state index contributed by atoms with van der Waals surface area (Å²) in [7, 11) is 0. The molecular formula is C18H18ClNO. The summed E-state index contributed by atoms with van der Waals surface area (Å²) in [5.74, 6) is -0.0816. The number of nitrogens with zero attached hydrogens (tertiary/aromatic N) is 1. The highest BCUT2D eigenvalue weighted by atomic mass is 35.5. The maximum absolute atomic E-state index is 12.5. The van der Waals surface area contributed by atoms with Crippen molar-refractivity contribution in [2.75, 3.05) is 10.8 Å². The molecule has 0 N–H and O–H groups in total.